The Bertz CT molecular complexity index is 359. The van der Waals surface area contributed by atoms with Crippen molar-refractivity contribution in [1.82, 2.24) is 10.1 Å². The Morgan fingerprint density at radius 3 is 2.44 bits per heavy atom. The molecule has 1 aromatic rings. The van der Waals surface area contributed by atoms with Gasteiger partial charge in [0.15, 0.2) is 0 Å². The van der Waals surface area contributed by atoms with Crippen molar-refractivity contribution < 1.29 is 18.7 Å². The van der Waals surface area contributed by atoms with Crippen LogP contribution in [0, 0.1) is 5.92 Å². The van der Waals surface area contributed by atoms with E-state index in [4.69, 9.17) is 18.7 Å². The molecule has 1 heterocycles. The molecule has 0 saturated heterocycles. The van der Waals surface area contributed by atoms with E-state index in [0.29, 0.717) is 30.8 Å². The lowest BCUT2D eigenvalue weighted by molar-refractivity contribution is -0.155. The highest BCUT2D eigenvalue weighted by Crippen LogP contribution is 2.42. The number of aromatic nitrogens is 2. The van der Waals surface area contributed by atoms with Crippen molar-refractivity contribution in [3.8, 4) is 0 Å². The Balaban J connectivity index is 2.06. The molecule has 6 nitrogen and oxygen atoms in total. The molecule has 102 valence electrons. The van der Waals surface area contributed by atoms with E-state index in [1.54, 1.807) is 7.11 Å². The summed E-state index contributed by atoms with van der Waals surface area (Å²) in [6.07, 6.45) is 1.65. The van der Waals surface area contributed by atoms with Crippen molar-refractivity contribution >= 4 is 0 Å². The van der Waals surface area contributed by atoms with Crippen LogP contribution in [0.2, 0.25) is 0 Å². The first-order chi connectivity index (χ1) is 8.80. The van der Waals surface area contributed by atoms with Crippen molar-refractivity contribution in [3.05, 3.63) is 11.7 Å². The molecule has 1 aromatic heterocycles. The maximum atomic E-state index is 5.41. The van der Waals surface area contributed by atoms with Gasteiger partial charge in [-0.2, -0.15) is 4.98 Å². The molecule has 1 atom stereocenters. The zero-order chi connectivity index (χ0) is 13.0. The average Bonchev–Trinajstić information content (AvgIpc) is 3.08. The standard InChI is InChI=1S/C12H20N2O4/c1-4-16-12(17-5-2)11-13-10(14-18-11)9(15-3)8-6-7-8/h8-9,12H,4-7H2,1-3H3. The van der Waals surface area contributed by atoms with Crippen LogP contribution < -0.4 is 0 Å². The van der Waals surface area contributed by atoms with Gasteiger partial charge in [-0.05, 0) is 32.6 Å². The Morgan fingerprint density at radius 2 is 1.94 bits per heavy atom. The number of hydrogen-bond donors (Lipinski definition) is 0. The fourth-order valence-corrected chi connectivity index (χ4v) is 1.86. The van der Waals surface area contributed by atoms with E-state index in [0.717, 1.165) is 12.8 Å². The zero-order valence-corrected chi connectivity index (χ0v) is 11.1. The van der Waals surface area contributed by atoms with Gasteiger partial charge in [-0.1, -0.05) is 5.16 Å². The largest absolute Gasteiger partial charge is 0.373 e. The first-order valence-corrected chi connectivity index (χ1v) is 6.39. The minimum absolute atomic E-state index is 0.0774. The fraction of sp³-hybridized carbons (Fsp3) is 0.833. The molecule has 0 amide bonds. The van der Waals surface area contributed by atoms with Gasteiger partial charge < -0.3 is 18.7 Å². The number of ether oxygens (including phenoxy) is 3. The molecule has 2 rings (SSSR count). The third-order valence-electron chi connectivity index (χ3n) is 2.85. The molecule has 0 radical (unpaired) electrons. The lowest BCUT2D eigenvalue weighted by atomic mass is 10.2. The number of rotatable bonds is 8. The fourth-order valence-electron chi connectivity index (χ4n) is 1.86. The molecule has 1 unspecified atom stereocenters. The Labute approximate surface area is 107 Å². The first kappa shape index (κ1) is 13.5. The van der Waals surface area contributed by atoms with Gasteiger partial charge >= 0.3 is 0 Å². The van der Waals surface area contributed by atoms with E-state index < -0.39 is 6.29 Å². The van der Waals surface area contributed by atoms with Crippen LogP contribution in [0.15, 0.2) is 4.52 Å². The summed E-state index contributed by atoms with van der Waals surface area (Å²) in [5, 5.41) is 3.96. The molecule has 18 heavy (non-hydrogen) atoms. The molecule has 6 heteroatoms. The number of methoxy groups -OCH3 is 1. The highest BCUT2D eigenvalue weighted by molar-refractivity contribution is 4.98. The first-order valence-electron chi connectivity index (χ1n) is 6.39. The Kier molecular flexibility index (Phi) is 4.68. The highest BCUT2D eigenvalue weighted by atomic mass is 16.7. The minimum atomic E-state index is -0.585. The predicted octanol–water partition coefficient (Wildman–Crippen LogP) is 2.24. The Morgan fingerprint density at radius 1 is 1.28 bits per heavy atom. The van der Waals surface area contributed by atoms with Gasteiger partial charge in [0.25, 0.3) is 5.89 Å². The summed E-state index contributed by atoms with van der Waals surface area (Å²) in [5.41, 5.74) is 0. The van der Waals surface area contributed by atoms with Gasteiger partial charge in [-0.15, -0.1) is 0 Å². The van der Waals surface area contributed by atoms with Crippen molar-refractivity contribution in [2.45, 2.75) is 39.1 Å². The van der Waals surface area contributed by atoms with Crippen LogP contribution in [0.25, 0.3) is 0 Å². The smallest absolute Gasteiger partial charge is 0.283 e. The van der Waals surface area contributed by atoms with Gasteiger partial charge in [0.05, 0.1) is 0 Å². The second-order valence-electron chi connectivity index (χ2n) is 4.23. The van der Waals surface area contributed by atoms with Crippen molar-refractivity contribution in [2.75, 3.05) is 20.3 Å². The van der Waals surface area contributed by atoms with Crippen LogP contribution in [0.4, 0.5) is 0 Å². The SMILES string of the molecule is CCOC(OCC)c1nc(C(OC)C2CC2)no1. The molecule has 0 bridgehead atoms. The lowest BCUT2D eigenvalue weighted by Crippen LogP contribution is -2.10. The number of hydrogen-bond acceptors (Lipinski definition) is 6. The van der Waals surface area contributed by atoms with E-state index in [-0.39, 0.29) is 6.10 Å². The lowest BCUT2D eigenvalue weighted by Gasteiger charge is -2.12. The average molecular weight is 256 g/mol. The van der Waals surface area contributed by atoms with E-state index in [2.05, 4.69) is 10.1 Å². The van der Waals surface area contributed by atoms with Crippen molar-refractivity contribution in [3.63, 3.8) is 0 Å². The maximum Gasteiger partial charge on any atom is 0.283 e. The summed E-state index contributed by atoms with van der Waals surface area (Å²) in [5.74, 6) is 1.45. The summed E-state index contributed by atoms with van der Waals surface area (Å²) in [6.45, 7) is 4.84. The minimum Gasteiger partial charge on any atom is -0.373 e. The summed E-state index contributed by atoms with van der Waals surface area (Å²) < 4.78 is 21.4. The second kappa shape index (κ2) is 6.26. The van der Waals surface area contributed by atoms with Crippen LogP contribution in [0.3, 0.4) is 0 Å². The van der Waals surface area contributed by atoms with Gasteiger partial charge in [-0.25, -0.2) is 0 Å². The van der Waals surface area contributed by atoms with E-state index in [1.807, 2.05) is 13.8 Å². The molecule has 1 aliphatic rings. The molecular formula is C12H20N2O4. The molecule has 1 fully saturated rings. The third kappa shape index (κ3) is 3.07. The van der Waals surface area contributed by atoms with Crippen LogP contribution in [-0.4, -0.2) is 30.5 Å². The van der Waals surface area contributed by atoms with Crippen LogP contribution in [0.5, 0.6) is 0 Å². The molecule has 1 saturated carbocycles. The molecule has 0 N–H and O–H groups in total. The molecule has 0 spiro atoms. The van der Waals surface area contributed by atoms with Gasteiger partial charge in [0.1, 0.15) is 6.10 Å². The normalized spacial score (nSPS) is 17.3. The topological polar surface area (TPSA) is 66.6 Å². The molecule has 0 aliphatic heterocycles. The summed E-state index contributed by atoms with van der Waals surface area (Å²) in [4.78, 5) is 4.33. The summed E-state index contributed by atoms with van der Waals surface area (Å²) in [7, 11) is 1.67. The van der Waals surface area contributed by atoms with E-state index in [9.17, 15) is 0 Å². The second-order valence-corrected chi connectivity index (χ2v) is 4.23. The van der Waals surface area contributed by atoms with Crippen molar-refractivity contribution in [2.24, 2.45) is 5.92 Å². The van der Waals surface area contributed by atoms with E-state index >= 15 is 0 Å². The number of nitrogens with zero attached hydrogens (tertiary/aromatic N) is 2. The van der Waals surface area contributed by atoms with Gasteiger partial charge in [0.2, 0.25) is 12.1 Å². The monoisotopic (exact) mass is 256 g/mol. The summed E-state index contributed by atoms with van der Waals surface area (Å²) in [6, 6.07) is 0. The van der Waals surface area contributed by atoms with E-state index in [1.165, 1.54) is 0 Å². The quantitative estimate of drug-likeness (QED) is 0.664. The van der Waals surface area contributed by atoms with Crippen molar-refractivity contribution in [1.29, 1.82) is 0 Å². The predicted molar refractivity (Wildman–Crippen MR) is 62.8 cm³/mol. The Hall–Kier alpha value is -0.980. The van der Waals surface area contributed by atoms with Crippen LogP contribution in [-0.2, 0) is 14.2 Å². The highest BCUT2D eigenvalue weighted by Gasteiger charge is 2.36. The van der Waals surface area contributed by atoms with Crippen LogP contribution in [0.1, 0.15) is 50.8 Å². The third-order valence-corrected chi connectivity index (χ3v) is 2.85. The van der Waals surface area contributed by atoms with Crippen LogP contribution >= 0.6 is 0 Å². The van der Waals surface area contributed by atoms with Gasteiger partial charge in [-0.3, -0.25) is 0 Å². The zero-order valence-electron chi connectivity index (χ0n) is 11.1. The summed E-state index contributed by atoms with van der Waals surface area (Å²) >= 11 is 0. The van der Waals surface area contributed by atoms with Gasteiger partial charge in [0, 0.05) is 20.3 Å². The molecule has 1 aliphatic carbocycles. The molecular weight excluding hydrogens is 236 g/mol. The maximum absolute atomic E-state index is 5.41. The molecule has 0 aromatic carbocycles.